The van der Waals surface area contributed by atoms with Gasteiger partial charge in [-0.15, -0.1) is 0 Å². The summed E-state index contributed by atoms with van der Waals surface area (Å²) in [5.41, 5.74) is 0. The van der Waals surface area contributed by atoms with Crippen molar-refractivity contribution >= 4 is 17.3 Å². The van der Waals surface area contributed by atoms with Crippen molar-refractivity contribution in [2.75, 3.05) is 40.5 Å². The summed E-state index contributed by atoms with van der Waals surface area (Å²) in [6.45, 7) is 3.23. The fraction of sp³-hybridized carbons (Fsp3) is 0.889. The molecule has 0 aromatic carbocycles. The van der Waals surface area contributed by atoms with Crippen molar-refractivity contribution in [2.24, 2.45) is 0 Å². The molecule has 0 atom stereocenters. The fourth-order valence-corrected chi connectivity index (χ4v) is 1.10. The smallest absolute Gasteiger partial charge is 0.166 e. The average Bonchev–Trinajstić information content (AvgIpc) is 2.19. The van der Waals surface area contributed by atoms with Gasteiger partial charge in [-0.3, -0.25) is 0 Å². The van der Waals surface area contributed by atoms with Crippen LogP contribution in [0.4, 0.5) is 0 Å². The zero-order valence-electron chi connectivity index (χ0n) is 8.97. The molecule has 5 heteroatoms. The first-order valence-electron chi connectivity index (χ1n) is 4.81. The van der Waals surface area contributed by atoms with Crippen molar-refractivity contribution in [2.45, 2.75) is 12.8 Å². The lowest BCUT2D eigenvalue weighted by Crippen LogP contribution is -2.36. The van der Waals surface area contributed by atoms with Crippen LogP contribution in [0.5, 0.6) is 0 Å². The van der Waals surface area contributed by atoms with E-state index in [1.54, 1.807) is 14.2 Å². The number of thiocarbonyl (C=S) groups is 1. The highest BCUT2D eigenvalue weighted by Crippen LogP contribution is 1.79. The van der Waals surface area contributed by atoms with Gasteiger partial charge < -0.3 is 20.1 Å². The van der Waals surface area contributed by atoms with E-state index in [1.807, 2.05) is 0 Å². The minimum atomic E-state index is 0.706. The molecule has 84 valence electrons. The van der Waals surface area contributed by atoms with E-state index < -0.39 is 0 Å². The lowest BCUT2D eigenvalue weighted by atomic mass is 10.4. The Morgan fingerprint density at radius 2 is 1.43 bits per heavy atom. The van der Waals surface area contributed by atoms with Crippen molar-refractivity contribution in [1.82, 2.24) is 10.6 Å². The molecule has 0 aliphatic heterocycles. The van der Waals surface area contributed by atoms with Crippen LogP contribution in [0.25, 0.3) is 0 Å². The largest absolute Gasteiger partial charge is 0.385 e. The first-order valence-corrected chi connectivity index (χ1v) is 5.21. The molecule has 0 amide bonds. The Labute approximate surface area is 91.3 Å². The van der Waals surface area contributed by atoms with E-state index in [9.17, 15) is 0 Å². The number of methoxy groups -OCH3 is 2. The van der Waals surface area contributed by atoms with Gasteiger partial charge in [-0.25, -0.2) is 0 Å². The Hall–Kier alpha value is -0.390. The second kappa shape index (κ2) is 10.7. The van der Waals surface area contributed by atoms with E-state index in [-0.39, 0.29) is 0 Å². The molecule has 14 heavy (non-hydrogen) atoms. The Balaban J connectivity index is 3.11. The van der Waals surface area contributed by atoms with Gasteiger partial charge in [-0.05, 0) is 25.1 Å². The molecule has 0 saturated heterocycles. The molecule has 0 saturated carbocycles. The number of hydrogen-bond acceptors (Lipinski definition) is 3. The fourth-order valence-electron chi connectivity index (χ4n) is 0.899. The van der Waals surface area contributed by atoms with E-state index in [0.29, 0.717) is 5.11 Å². The molecule has 0 radical (unpaired) electrons. The maximum atomic E-state index is 5.05. The van der Waals surface area contributed by atoms with Gasteiger partial charge in [0, 0.05) is 40.5 Å². The number of hydrogen-bond donors (Lipinski definition) is 2. The van der Waals surface area contributed by atoms with Gasteiger partial charge >= 0.3 is 0 Å². The maximum absolute atomic E-state index is 5.05. The standard InChI is InChI=1S/C9H20N2O2S/c1-12-7-3-5-10-9(14)11-6-4-8-13-2/h3-8H2,1-2H3,(H2,10,11,14). The molecule has 0 spiro atoms. The zero-order chi connectivity index (χ0) is 10.6. The van der Waals surface area contributed by atoms with Gasteiger partial charge in [0.2, 0.25) is 0 Å². The summed E-state index contributed by atoms with van der Waals surface area (Å²) < 4.78 is 9.83. The van der Waals surface area contributed by atoms with Crippen LogP contribution < -0.4 is 10.6 Å². The van der Waals surface area contributed by atoms with Crippen LogP contribution in [0.3, 0.4) is 0 Å². The van der Waals surface area contributed by atoms with Crippen molar-refractivity contribution in [3.05, 3.63) is 0 Å². The third-order valence-corrected chi connectivity index (χ3v) is 1.91. The van der Waals surface area contributed by atoms with Crippen molar-refractivity contribution < 1.29 is 9.47 Å². The van der Waals surface area contributed by atoms with Gasteiger partial charge in [0.1, 0.15) is 0 Å². The van der Waals surface area contributed by atoms with Gasteiger partial charge in [0.05, 0.1) is 0 Å². The summed E-state index contributed by atoms with van der Waals surface area (Å²) in [6.07, 6.45) is 1.94. The van der Waals surface area contributed by atoms with Gasteiger partial charge in [0.15, 0.2) is 5.11 Å². The van der Waals surface area contributed by atoms with Crippen molar-refractivity contribution in [3.8, 4) is 0 Å². The quantitative estimate of drug-likeness (QED) is 0.461. The second-order valence-corrected chi connectivity index (χ2v) is 3.28. The second-order valence-electron chi connectivity index (χ2n) is 2.88. The van der Waals surface area contributed by atoms with E-state index in [4.69, 9.17) is 21.7 Å². The predicted octanol–water partition coefficient (Wildman–Crippen LogP) is 0.523. The van der Waals surface area contributed by atoms with E-state index in [1.165, 1.54) is 0 Å². The highest BCUT2D eigenvalue weighted by atomic mass is 32.1. The third kappa shape index (κ3) is 9.70. The summed E-state index contributed by atoms with van der Waals surface area (Å²) in [5.74, 6) is 0. The highest BCUT2D eigenvalue weighted by Gasteiger charge is 1.93. The Morgan fingerprint density at radius 1 is 1.00 bits per heavy atom. The number of ether oxygens (including phenoxy) is 2. The molecule has 0 heterocycles. The molecular formula is C9H20N2O2S. The summed E-state index contributed by atoms with van der Waals surface area (Å²) in [7, 11) is 3.39. The van der Waals surface area contributed by atoms with Crippen LogP contribution >= 0.6 is 12.2 Å². The Morgan fingerprint density at radius 3 is 1.79 bits per heavy atom. The molecular weight excluding hydrogens is 200 g/mol. The molecule has 0 aromatic rings. The monoisotopic (exact) mass is 220 g/mol. The molecule has 0 fully saturated rings. The van der Waals surface area contributed by atoms with E-state index >= 15 is 0 Å². The van der Waals surface area contributed by atoms with Gasteiger partial charge in [-0.1, -0.05) is 0 Å². The van der Waals surface area contributed by atoms with Crippen LogP contribution in [0.2, 0.25) is 0 Å². The van der Waals surface area contributed by atoms with Crippen LogP contribution in [-0.4, -0.2) is 45.6 Å². The minimum absolute atomic E-state index is 0.706. The molecule has 0 unspecified atom stereocenters. The highest BCUT2D eigenvalue weighted by molar-refractivity contribution is 7.80. The van der Waals surface area contributed by atoms with Crippen LogP contribution in [-0.2, 0) is 9.47 Å². The predicted molar refractivity (Wildman–Crippen MR) is 61.6 cm³/mol. The number of rotatable bonds is 8. The van der Waals surface area contributed by atoms with Crippen molar-refractivity contribution in [1.29, 1.82) is 0 Å². The van der Waals surface area contributed by atoms with E-state index in [2.05, 4.69) is 10.6 Å². The Kier molecular flexibility index (Phi) is 10.4. The molecule has 0 rings (SSSR count). The van der Waals surface area contributed by atoms with Crippen molar-refractivity contribution in [3.63, 3.8) is 0 Å². The summed E-state index contributed by atoms with van der Waals surface area (Å²) in [6, 6.07) is 0. The van der Waals surface area contributed by atoms with Crippen LogP contribution in [0.15, 0.2) is 0 Å². The molecule has 0 aliphatic carbocycles. The van der Waals surface area contributed by atoms with Crippen LogP contribution in [0, 0.1) is 0 Å². The lowest BCUT2D eigenvalue weighted by molar-refractivity contribution is 0.195. The van der Waals surface area contributed by atoms with Gasteiger partial charge in [-0.2, -0.15) is 0 Å². The molecule has 2 N–H and O–H groups in total. The third-order valence-electron chi connectivity index (χ3n) is 1.62. The molecule has 0 bridgehead atoms. The lowest BCUT2D eigenvalue weighted by Gasteiger charge is -2.09. The normalized spacial score (nSPS) is 9.86. The van der Waals surface area contributed by atoms with E-state index in [0.717, 1.165) is 39.1 Å². The summed E-state index contributed by atoms with van der Waals surface area (Å²) in [4.78, 5) is 0. The van der Waals surface area contributed by atoms with Gasteiger partial charge in [0.25, 0.3) is 0 Å². The summed E-state index contributed by atoms with van der Waals surface area (Å²) in [5, 5.41) is 6.89. The SMILES string of the molecule is COCCCNC(=S)NCCCOC. The first-order chi connectivity index (χ1) is 6.81. The zero-order valence-corrected chi connectivity index (χ0v) is 9.78. The minimum Gasteiger partial charge on any atom is -0.385 e. The molecule has 0 aliphatic rings. The average molecular weight is 220 g/mol. The topological polar surface area (TPSA) is 42.5 Å². The molecule has 0 aromatic heterocycles. The maximum Gasteiger partial charge on any atom is 0.166 e. The number of nitrogens with one attached hydrogen (secondary N) is 2. The molecule has 4 nitrogen and oxygen atoms in total. The Bertz CT molecular complexity index is 131. The first kappa shape index (κ1) is 13.6. The van der Waals surface area contributed by atoms with Crippen LogP contribution in [0.1, 0.15) is 12.8 Å². The summed E-state index contributed by atoms with van der Waals surface area (Å²) >= 11 is 5.05.